The van der Waals surface area contributed by atoms with Gasteiger partial charge in [-0.05, 0) is 43.4 Å². The topological polar surface area (TPSA) is 94.2 Å². The zero-order valence-corrected chi connectivity index (χ0v) is 17.2. The summed E-state index contributed by atoms with van der Waals surface area (Å²) in [5, 5.41) is 1.21. The van der Waals surface area contributed by atoms with E-state index in [1.54, 1.807) is 35.6 Å². The standard InChI is InChI=1S/C22H19N3O4S/c1-2-17-23-20-18(13-8-4-6-10-16(13)30-20)21(27)25(17)24-19(26)14-11-12-7-3-5-9-15(12)29-22(14)28/h3,5,7,9,11H,2,4,6,8,10H2,1H3,(H,24,26). The average molecular weight is 421 g/mol. The Kier molecular flexibility index (Phi) is 4.51. The Labute approximate surface area is 174 Å². The summed E-state index contributed by atoms with van der Waals surface area (Å²) in [7, 11) is 0. The fourth-order valence-corrected chi connectivity index (χ4v) is 5.25. The molecule has 0 saturated heterocycles. The second kappa shape index (κ2) is 7.21. The lowest BCUT2D eigenvalue weighted by Crippen LogP contribution is -2.37. The first-order valence-corrected chi connectivity index (χ1v) is 10.8. The van der Waals surface area contributed by atoms with Crippen LogP contribution in [-0.2, 0) is 19.3 Å². The van der Waals surface area contributed by atoms with Gasteiger partial charge in [0.15, 0.2) is 0 Å². The van der Waals surface area contributed by atoms with Crippen molar-refractivity contribution in [3.05, 3.63) is 72.9 Å². The van der Waals surface area contributed by atoms with Gasteiger partial charge in [-0.2, -0.15) is 0 Å². The van der Waals surface area contributed by atoms with E-state index in [9.17, 15) is 14.4 Å². The Bertz CT molecular complexity index is 1430. The molecule has 1 aliphatic carbocycles. The minimum Gasteiger partial charge on any atom is -0.422 e. The number of nitrogens with zero attached hydrogens (tertiary/aromatic N) is 2. The Morgan fingerprint density at radius 3 is 2.87 bits per heavy atom. The van der Waals surface area contributed by atoms with E-state index in [2.05, 4.69) is 10.4 Å². The number of nitrogens with one attached hydrogen (secondary N) is 1. The number of benzene rings is 1. The molecule has 7 nitrogen and oxygen atoms in total. The molecule has 1 N–H and O–H groups in total. The molecule has 8 heteroatoms. The van der Waals surface area contributed by atoms with Gasteiger partial charge in [0, 0.05) is 16.7 Å². The van der Waals surface area contributed by atoms with Crippen molar-refractivity contribution in [3.8, 4) is 0 Å². The molecule has 0 radical (unpaired) electrons. The lowest BCUT2D eigenvalue weighted by molar-refractivity contribution is 0.100. The van der Waals surface area contributed by atoms with Crippen LogP contribution in [0.15, 0.2) is 44.3 Å². The molecule has 0 unspecified atom stereocenters. The van der Waals surface area contributed by atoms with Crippen molar-refractivity contribution in [1.82, 2.24) is 9.66 Å². The highest BCUT2D eigenvalue weighted by molar-refractivity contribution is 7.18. The number of para-hydroxylation sites is 1. The van der Waals surface area contributed by atoms with Crippen molar-refractivity contribution < 1.29 is 9.21 Å². The minimum absolute atomic E-state index is 0.157. The Morgan fingerprint density at radius 1 is 1.23 bits per heavy atom. The zero-order chi connectivity index (χ0) is 20.8. The molecule has 0 bridgehead atoms. The van der Waals surface area contributed by atoms with Gasteiger partial charge in [-0.1, -0.05) is 25.1 Å². The summed E-state index contributed by atoms with van der Waals surface area (Å²) in [4.78, 5) is 45.1. The van der Waals surface area contributed by atoms with Gasteiger partial charge >= 0.3 is 5.63 Å². The summed E-state index contributed by atoms with van der Waals surface area (Å²) in [6.07, 6.45) is 4.42. The van der Waals surface area contributed by atoms with Gasteiger partial charge in [0.2, 0.25) is 0 Å². The van der Waals surface area contributed by atoms with Crippen molar-refractivity contribution in [2.24, 2.45) is 0 Å². The fraction of sp³-hybridized carbons (Fsp3) is 0.273. The van der Waals surface area contributed by atoms with Crippen molar-refractivity contribution in [3.63, 3.8) is 0 Å². The lowest BCUT2D eigenvalue weighted by atomic mass is 9.97. The second-order valence-electron chi connectivity index (χ2n) is 7.34. The second-order valence-corrected chi connectivity index (χ2v) is 8.42. The quantitative estimate of drug-likeness (QED) is 0.512. The van der Waals surface area contributed by atoms with Gasteiger partial charge in [0.1, 0.15) is 21.8 Å². The van der Waals surface area contributed by atoms with Crippen LogP contribution in [0.4, 0.5) is 0 Å². The molecule has 0 saturated carbocycles. The van der Waals surface area contributed by atoms with Gasteiger partial charge in [-0.15, -0.1) is 11.3 Å². The maximum Gasteiger partial charge on any atom is 0.349 e. The van der Waals surface area contributed by atoms with Crippen LogP contribution in [0.1, 0.15) is 46.4 Å². The van der Waals surface area contributed by atoms with Crippen molar-refractivity contribution in [2.75, 3.05) is 5.43 Å². The smallest absolute Gasteiger partial charge is 0.349 e. The number of hydrogen-bond acceptors (Lipinski definition) is 6. The van der Waals surface area contributed by atoms with E-state index in [0.717, 1.165) is 36.1 Å². The highest BCUT2D eigenvalue weighted by atomic mass is 32.1. The predicted octanol–water partition coefficient (Wildman–Crippen LogP) is 3.39. The summed E-state index contributed by atoms with van der Waals surface area (Å²) in [6.45, 7) is 1.87. The number of aromatic nitrogens is 2. The molecule has 1 amide bonds. The average Bonchev–Trinajstić information content (AvgIpc) is 3.13. The van der Waals surface area contributed by atoms with Gasteiger partial charge < -0.3 is 4.42 Å². The van der Waals surface area contributed by atoms with Gasteiger partial charge in [-0.3, -0.25) is 15.0 Å². The molecule has 30 heavy (non-hydrogen) atoms. The van der Waals surface area contributed by atoms with E-state index in [0.29, 0.717) is 28.6 Å². The molecule has 0 atom stereocenters. The summed E-state index contributed by atoms with van der Waals surface area (Å²) < 4.78 is 6.43. The molecular formula is C22H19N3O4S. The summed E-state index contributed by atoms with van der Waals surface area (Å²) in [5.74, 6) is -0.249. The van der Waals surface area contributed by atoms with Crippen LogP contribution in [0.3, 0.4) is 0 Å². The number of fused-ring (bicyclic) bond motifs is 4. The largest absolute Gasteiger partial charge is 0.422 e. The van der Waals surface area contributed by atoms with Crippen LogP contribution in [0.25, 0.3) is 21.2 Å². The number of rotatable bonds is 3. The van der Waals surface area contributed by atoms with E-state index in [-0.39, 0.29) is 11.1 Å². The molecular weight excluding hydrogens is 402 g/mol. The third-order valence-corrected chi connectivity index (χ3v) is 6.66. The number of carbonyl (C=O) groups excluding carboxylic acids is 1. The van der Waals surface area contributed by atoms with Gasteiger partial charge in [0.25, 0.3) is 11.5 Å². The SMILES string of the molecule is CCc1nc2sc3c(c2c(=O)n1NC(=O)c1cc2ccccc2oc1=O)CCCC3. The van der Waals surface area contributed by atoms with Gasteiger partial charge in [0.05, 0.1) is 5.39 Å². The number of carbonyl (C=O) groups is 1. The van der Waals surface area contributed by atoms with E-state index < -0.39 is 11.5 Å². The van der Waals surface area contributed by atoms with Crippen molar-refractivity contribution >= 4 is 38.4 Å². The summed E-state index contributed by atoms with van der Waals surface area (Å²) >= 11 is 1.57. The predicted molar refractivity (Wildman–Crippen MR) is 116 cm³/mol. The van der Waals surface area contributed by atoms with Crippen LogP contribution < -0.4 is 16.6 Å². The molecule has 3 aromatic heterocycles. The Morgan fingerprint density at radius 2 is 2.03 bits per heavy atom. The number of hydrogen-bond donors (Lipinski definition) is 1. The first kappa shape index (κ1) is 18.7. The van der Waals surface area contributed by atoms with E-state index >= 15 is 0 Å². The molecule has 0 spiro atoms. The van der Waals surface area contributed by atoms with E-state index in [4.69, 9.17) is 4.42 Å². The number of aryl methyl sites for hydroxylation is 3. The number of amides is 1. The highest BCUT2D eigenvalue weighted by Gasteiger charge is 2.23. The monoisotopic (exact) mass is 421 g/mol. The summed E-state index contributed by atoms with van der Waals surface area (Å²) in [5.41, 5.74) is 2.84. The third kappa shape index (κ3) is 2.95. The Balaban J connectivity index is 1.62. The molecule has 0 fully saturated rings. The molecule has 1 aromatic carbocycles. The van der Waals surface area contributed by atoms with Crippen LogP contribution in [0.2, 0.25) is 0 Å². The molecule has 3 heterocycles. The van der Waals surface area contributed by atoms with Gasteiger partial charge in [-0.25, -0.2) is 14.5 Å². The van der Waals surface area contributed by atoms with E-state index in [1.807, 2.05) is 6.92 Å². The molecule has 0 aliphatic heterocycles. The summed E-state index contributed by atoms with van der Waals surface area (Å²) in [6, 6.07) is 8.44. The molecule has 4 aromatic rings. The lowest BCUT2D eigenvalue weighted by Gasteiger charge is -2.13. The fourth-order valence-electron chi connectivity index (χ4n) is 3.98. The molecule has 1 aliphatic rings. The Hall–Kier alpha value is -3.26. The van der Waals surface area contributed by atoms with E-state index in [1.165, 1.54) is 15.6 Å². The van der Waals surface area contributed by atoms with Crippen LogP contribution >= 0.6 is 11.3 Å². The van der Waals surface area contributed by atoms with Crippen LogP contribution in [0.5, 0.6) is 0 Å². The normalized spacial score (nSPS) is 13.5. The molecule has 5 rings (SSSR count). The first-order chi connectivity index (χ1) is 14.6. The maximum absolute atomic E-state index is 13.3. The molecule has 152 valence electrons. The minimum atomic E-state index is -0.751. The van der Waals surface area contributed by atoms with Crippen LogP contribution in [-0.4, -0.2) is 15.6 Å². The number of thiophene rings is 1. The highest BCUT2D eigenvalue weighted by Crippen LogP contribution is 2.33. The third-order valence-electron chi connectivity index (χ3n) is 5.47. The van der Waals surface area contributed by atoms with Crippen molar-refractivity contribution in [1.29, 1.82) is 0 Å². The maximum atomic E-state index is 13.3. The van der Waals surface area contributed by atoms with Crippen LogP contribution in [0, 0.1) is 0 Å². The van der Waals surface area contributed by atoms with Crippen molar-refractivity contribution in [2.45, 2.75) is 39.0 Å². The zero-order valence-electron chi connectivity index (χ0n) is 16.4. The first-order valence-electron chi connectivity index (χ1n) is 9.97.